The number of ether oxygens (including phenoxy) is 1. The molecule has 0 fully saturated rings. The third-order valence-corrected chi connectivity index (χ3v) is 2.98. The number of carbonyl (C=O) groups is 1. The summed E-state index contributed by atoms with van der Waals surface area (Å²) in [4.78, 5) is 11.6. The van der Waals surface area contributed by atoms with Gasteiger partial charge in [0.25, 0.3) is 5.91 Å². The highest BCUT2D eigenvalue weighted by Crippen LogP contribution is 2.15. The van der Waals surface area contributed by atoms with Crippen molar-refractivity contribution in [3.8, 4) is 5.75 Å². The SMILES string of the molecule is CNC(=O)c1cccc(NCc2cccc(OC)c2)c1. The van der Waals surface area contributed by atoms with E-state index in [2.05, 4.69) is 10.6 Å². The molecular weight excluding hydrogens is 252 g/mol. The van der Waals surface area contributed by atoms with Crippen molar-refractivity contribution in [2.75, 3.05) is 19.5 Å². The summed E-state index contributed by atoms with van der Waals surface area (Å²) in [5.74, 6) is 0.749. The summed E-state index contributed by atoms with van der Waals surface area (Å²) >= 11 is 0. The highest BCUT2D eigenvalue weighted by atomic mass is 16.5. The number of hydrogen-bond acceptors (Lipinski definition) is 3. The summed E-state index contributed by atoms with van der Waals surface area (Å²) in [6.45, 7) is 0.675. The summed E-state index contributed by atoms with van der Waals surface area (Å²) in [6, 6.07) is 15.3. The maximum absolute atomic E-state index is 11.6. The van der Waals surface area contributed by atoms with Gasteiger partial charge in [-0.15, -0.1) is 0 Å². The van der Waals surface area contributed by atoms with Crippen molar-refractivity contribution < 1.29 is 9.53 Å². The maximum atomic E-state index is 11.6. The predicted octanol–water partition coefficient (Wildman–Crippen LogP) is 2.67. The molecule has 0 unspecified atom stereocenters. The average Bonchev–Trinajstić information content (AvgIpc) is 2.52. The van der Waals surface area contributed by atoms with Crippen LogP contribution in [0.3, 0.4) is 0 Å². The zero-order valence-electron chi connectivity index (χ0n) is 11.6. The van der Waals surface area contributed by atoms with E-state index in [4.69, 9.17) is 4.74 Å². The van der Waals surface area contributed by atoms with Gasteiger partial charge in [0.05, 0.1) is 7.11 Å². The summed E-state index contributed by atoms with van der Waals surface area (Å²) in [5.41, 5.74) is 2.67. The highest BCUT2D eigenvalue weighted by molar-refractivity contribution is 5.94. The third kappa shape index (κ3) is 3.51. The molecular formula is C16H18N2O2. The molecule has 0 aliphatic rings. The Kier molecular flexibility index (Phi) is 4.60. The van der Waals surface area contributed by atoms with E-state index in [9.17, 15) is 4.79 Å². The largest absolute Gasteiger partial charge is 0.497 e. The monoisotopic (exact) mass is 270 g/mol. The maximum Gasteiger partial charge on any atom is 0.251 e. The number of methoxy groups -OCH3 is 1. The van der Waals surface area contributed by atoms with Crippen molar-refractivity contribution in [1.82, 2.24) is 5.32 Å². The molecule has 0 aliphatic heterocycles. The Balaban J connectivity index is 2.05. The molecule has 1 amide bonds. The number of nitrogens with one attached hydrogen (secondary N) is 2. The van der Waals surface area contributed by atoms with E-state index in [-0.39, 0.29) is 5.91 Å². The predicted molar refractivity (Wildman–Crippen MR) is 80.2 cm³/mol. The second kappa shape index (κ2) is 6.61. The first-order valence-electron chi connectivity index (χ1n) is 6.42. The molecule has 2 rings (SSSR count). The van der Waals surface area contributed by atoms with E-state index in [1.165, 1.54) is 0 Å². The molecule has 4 heteroatoms. The minimum atomic E-state index is -0.0879. The fraction of sp³-hybridized carbons (Fsp3) is 0.188. The molecule has 0 atom stereocenters. The van der Waals surface area contributed by atoms with Crippen LogP contribution in [0.15, 0.2) is 48.5 Å². The van der Waals surface area contributed by atoms with Crippen molar-refractivity contribution in [2.45, 2.75) is 6.54 Å². The fourth-order valence-corrected chi connectivity index (χ4v) is 1.90. The molecule has 0 spiro atoms. The van der Waals surface area contributed by atoms with Gasteiger partial charge < -0.3 is 15.4 Å². The first-order chi connectivity index (χ1) is 9.72. The van der Waals surface area contributed by atoms with Crippen LogP contribution >= 0.6 is 0 Å². The normalized spacial score (nSPS) is 9.90. The van der Waals surface area contributed by atoms with Gasteiger partial charge in [0.2, 0.25) is 0 Å². The van der Waals surface area contributed by atoms with E-state index in [1.807, 2.05) is 42.5 Å². The molecule has 2 aromatic rings. The Labute approximate surface area is 118 Å². The Hall–Kier alpha value is -2.49. The van der Waals surface area contributed by atoms with Gasteiger partial charge in [-0.1, -0.05) is 18.2 Å². The lowest BCUT2D eigenvalue weighted by Gasteiger charge is -2.09. The van der Waals surface area contributed by atoms with Crippen LogP contribution in [0, 0.1) is 0 Å². The Morgan fingerprint density at radius 3 is 2.70 bits per heavy atom. The van der Waals surface area contributed by atoms with Gasteiger partial charge in [0.15, 0.2) is 0 Å². The number of amides is 1. The molecule has 2 aromatic carbocycles. The molecule has 2 N–H and O–H groups in total. The molecule has 0 saturated heterocycles. The van der Waals surface area contributed by atoms with Crippen LogP contribution in [0.25, 0.3) is 0 Å². The fourth-order valence-electron chi connectivity index (χ4n) is 1.90. The van der Waals surface area contributed by atoms with Crippen molar-refractivity contribution in [1.29, 1.82) is 0 Å². The number of rotatable bonds is 5. The molecule has 0 aliphatic carbocycles. The molecule has 0 aromatic heterocycles. The Bertz CT molecular complexity index is 597. The lowest BCUT2D eigenvalue weighted by Crippen LogP contribution is -2.17. The molecule has 104 valence electrons. The standard InChI is InChI=1S/C16H18N2O2/c1-17-16(19)13-6-4-7-14(10-13)18-11-12-5-3-8-15(9-12)20-2/h3-10,18H,11H2,1-2H3,(H,17,19). The minimum absolute atomic E-state index is 0.0879. The van der Waals surface area contributed by atoms with E-state index in [1.54, 1.807) is 20.2 Å². The van der Waals surface area contributed by atoms with Crippen molar-refractivity contribution in [3.05, 3.63) is 59.7 Å². The van der Waals surface area contributed by atoms with Crippen LogP contribution in [-0.2, 0) is 6.54 Å². The first-order valence-corrected chi connectivity index (χ1v) is 6.42. The summed E-state index contributed by atoms with van der Waals surface area (Å²) in [7, 11) is 3.28. The molecule has 0 heterocycles. The number of hydrogen-bond donors (Lipinski definition) is 2. The van der Waals surface area contributed by atoms with E-state index in [0.29, 0.717) is 12.1 Å². The topological polar surface area (TPSA) is 50.4 Å². The lowest BCUT2D eigenvalue weighted by atomic mass is 10.1. The van der Waals surface area contributed by atoms with Gasteiger partial charge in [0, 0.05) is 24.8 Å². The van der Waals surface area contributed by atoms with E-state index in [0.717, 1.165) is 17.0 Å². The van der Waals surface area contributed by atoms with Gasteiger partial charge in [-0.25, -0.2) is 0 Å². The van der Waals surface area contributed by atoms with E-state index < -0.39 is 0 Å². The van der Waals surface area contributed by atoms with Gasteiger partial charge in [0.1, 0.15) is 5.75 Å². The number of carbonyl (C=O) groups excluding carboxylic acids is 1. The zero-order valence-corrected chi connectivity index (χ0v) is 11.6. The molecule has 0 radical (unpaired) electrons. The van der Waals surface area contributed by atoms with Gasteiger partial charge in [-0.05, 0) is 35.9 Å². The quantitative estimate of drug-likeness (QED) is 0.878. The lowest BCUT2D eigenvalue weighted by molar-refractivity contribution is 0.0963. The zero-order chi connectivity index (χ0) is 14.4. The van der Waals surface area contributed by atoms with Crippen LogP contribution in [-0.4, -0.2) is 20.1 Å². The number of benzene rings is 2. The van der Waals surface area contributed by atoms with E-state index >= 15 is 0 Å². The Morgan fingerprint density at radius 2 is 1.95 bits per heavy atom. The summed E-state index contributed by atoms with van der Waals surface area (Å²) < 4.78 is 5.19. The third-order valence-electron chi connectivity index (χ3n) is 2.98. The van der Waals surface area contributed by atoms with Gasteiger partial charge in [-0.2, -0.15) is 0 Å². The van der Waals surface area contributed by atoms with Crippen molar-refractivity contribution in [2.24, 2.45) is 0 Å². The van der Waals surface area contributed by atoms with Gasteiger partial charge in [-0.3, -0.25) is 4.79 Å². The smallest absolute Gasteiger partial charge is 0.251 e. The highest BCUT2D eigenvalue weighted by Gasteiger charge is 2.03. The number of anilines is 1. The molecule has 20 heavy (non-hydrogen) atoms. The minimum Gasteiger partial charge on any atom is -0.497 e. The summed E-state index contributed by atoms with van der Waals surface area (Å²) in [6.07, 6.45) is 0. The second-order valence-electron chi connectivity index (χ2n) is 4.37. The second-order valence-corrected chi connectivity index (χ2v) is 4.37. The van der Waals surface area contributed by atoms with Crippen molar-refractivity contribution in [3.63, 3.8) is 0 Å². The van der Waals surface area contributed by atoms with Crippen molar-refractivity contribution >= 4 is 11.6 Å². The van der Waals surface area contributed by atoms with Gasteiger partial charge >= 0.3 is 0 Å². The molecule has 0 saturated carbocycles. The Morgan fingerprint density at radius 1 is 1.15 bits per heavy atom. The van der Waals surface area contributed by atoms with Crippen LogP contribution < -0.4 is 15.4 Å². The first kappa shape index (κ1) is 13.9. The molecule has 4 nitrogen and oxygen atoms in total. The summed E-state index contributed by atoms with van der Waals surface area (Å²) in [5, 5.41) is 5.91. The van der Waals surface area contributed by atoms with Crippen LogP contribution in [0.5, 0.6) is 5.75 Å². The van der Waals surface area contributed by atoms with Crippen LogP contribution in [0.2, 0.25) is 0 Å². The van der Waals surface area contributed by atoms with Crippen LogP contribution in [0.1, 0.15) is 15.9 Å². The average molecular weight is 270 g/mol. The molecule has 0 bridgehead atoms. The van der Waals surface area contributed by atoms with Crippen LogP contribution in [0.4, 0.5) is 5.69 Å².